The highest BCUT2D eigenvalue weighted by atomic mass is 19.3. The molecule has 1 aliphatic rings. The number of ether oxygens (including phenoxy) is 2. The van der Waals surface area contributed by atoms with Crippen LogP contribution in [0.5, 0.6) is 5.88 Å². The third-order valence-corrected chi connectivity index (χ3v) is 4.44. The molecule has 5 nitrogen and oxygen atoms in total. The van der Waals surface area contributed by atoms with E-state index >= 15 is 0 Å². The predicted molar refractivity (Wildman–Crippen MR) is 91.4 cm³/mol. The largest absolute Gasteiger partial charge is 0.472 e. The quantitative estimate of drug-likeness (QED) is 0.697. The lowest BCUT2D eigenvalue weighted by molar-refractivity contribution is -0.114. The van der Waals surface area contributed by atoms with E-state index in [-0.39, 0.29) is 37.6 Å². The molecule has 2 aromatic rings. The molecule has 0 saturated heterocycles. The van der Waals surface area contributed by atoms with Crippen molar-refractivity contribution >= 4 is 5.97 Å². The van der Waals surface area contributed by atoms with E-state index in [0.717, 1.165) is 5.56 Å². The van der Waals surface area contributed by atoms with Crippen LogP contribution >= 0.6 is 0 Å². The molecule has 0 unspecified atom stereocenters. The molecule has 0 spiro atoms. The van der Waals surface area contributed by atoms with E-state index in [9.17, 15) is 13.6 Å². The van der Waals surface area contributed by atoms with Crippen molar-refractivity contribution in [2.75, 3.05) is 6.61 Å². The summed E-state index contributed by atoms with van der Waals surface area (Å²) >= 11 is 0. The van der Waals surface area contributed by atoms with Gasteiger partial charge in [0.1, 0.15) is 6.61 Å². The maximum absolute atomic E-state index is 13.1. The number of alkyl halides is 2. The van der Waals surface area contributed by atoms with Crippen molar-refractivity contribution in [3.05, 3.63) is 47.2 Å². The Morgan fingerprint density at radius 2 is 2.00 bits per heavy atom. The molecule has 7 heteroatoms. The average molecular weight is 364 g/mol. The molecule has 0 radical (unpaired) electrons. The van der Waals surface area contributed by atoms with Crippen molar-refractivity contribution in [2.24, 2.45) is 5.92 Å². The molecular weight excluding hydrogens is 342 g/mol. The van der Waals surface area contributed by atoms with E-state index in [1.165, 1.54) is 4.68 Å². The first-order chi connectivity index (χ1) is 12.4. The number of carbonyl (C=O) groups is 1. The van der Waals surface area contributed by atoms with E-state index in [0.29, 0.717) is 18.1 Å². The number of carbonyl (C=O) groups excluding carboxylic acids is 1. The first-order valence-electron chi connectivity index (χ1n) is 8.68. The van der Waals surface area contributed by atoms with Crippen LogP contribution in [0.2, 0.25) is 0 Å². The first-order valence-corrected chi connectivity index (χ1v) is 8.68. The fourth-order valence-corrected chi connectivity index (χ4v) is 3.14. The van der Waals surface area contributed by atoms with Gasteiger partial charge in [-0.1, -0.05) is 30.3 Å². The van der Waals surface area contributed by atoms with Gasteiger partial charge in [-0.3, -0.25) is 4.68 Å². The minimum atomic E-state index is -2.61. The second-order valence-corrected chi connectivity index (χ2v) is 6.59. The molecule has 0 amide bonds. The van der Waals surface area contributed by atoms with Crippen LogP contribution in [0.1, 0.15) is 41.4 Å². The van der Waals surface area contributed by atoms with Crippen molar-refractivity contribution in [3.63, 3.8) is 0 Å². The highest BCUT2D eigenvalue weighted by Crippen LogP contribution is 2.43. The Labute approximate surface area is 150 Å². The topological polar surface area (TPSA) is 53.4 Å². The van der Waals surface area contributed by atoms with E-state index < -0.39 is 11.9 Å². The van der Waals surface area contributed by atoms with Crippen LogP contribution in [-0.4, -0.2) is 28.3 Å². The van der Waals surface area contributed by atoms with Gasteiger partial charge in [0, 0.05) is 24.9 Å². The van der Waals surface area contributed by atoms with Crippen LogP contribution < -0.4 is 4.74 Å². The van der Waals surface area contributed by atoms with Gasteiger partial charge in [-0.15, -0.1) is 5.10 Å². The summed E-state index contributed by atoms with van der Waals surface area (Å²) < 4.78 is 38.5. The minimum Gasteiger partial charge on any atom is -0.472 e. The summed E-state index contributed by atoms with van der Waals surface area (Å²) in [6, 6.07) is 9.58. The molecule has 0 N–H and O–H groups in total. The number of nitrogens with zero attached hydrogens (tertiary/aromatic N) is 2. The van der Waals surface area contributed by atoms with Gasteiger partial charge >= 0.3 is 5.97 Å². The molecule has 1 saturated carbocycles. The van der Waals surface area contributed by atoms with Crippen molar-refractivity contribution < 1.29 is 23.0 Å². The Morgan fingerprint density at radius 1 is 1.31 bits per heavy atom. The third-order valence-electron chi connectivity index (χ3n) is 4.44. The lowest BCUT2D eigenvalue weighted by atomic mass is 9.81. The Morgan fingerprint density at radius 3 is 2.62 bits per heavy atom. The summed E-state index contributed by atoms with van der Waals surface area (Å²) in [6.45, 7) is 4.23. The van der Waals surface area contributed by atoms with Gasteiger partial charge in [-0.05, 0) is 25.3 Å². The molecule has 0 atom stereocenters. The Hall–Kier alpha value is -2.44. The summed E-state index contributed by atoms with van der Waals surface area (Å²) in [7, 11) is 0. The molecule has 0 bridgehead atoms. The standard InChI is InChI=1S/C19H22F2N2O3/c1-3-25-18(24)16-13(2)17(26-12-14-7-5-4-6-8-14)22-23(16)11-15-9-19(20,21)10-15/h4-8,15H,3,9-12H2,1-2H3. The van der Waals surface area contributed by atoms with Crippen molar-refractivity contribution in [3.8, 4) is 5.88 Å². The van der Waals surface area contributed by atoms with Gasteiger partial charge in [0.25, 0.3) is 0 Å². The van der Waals surface area contributed by atoms with Crippen molar-refractivity contribution in [1.82, 2.24) is 9.78 Å². The third kappa shape index (κ3) is 4.03. The van der Waals surface area contributed by atoms with Gasteiger partial charge in [0.2, 0.25) is 11.8 Å². The fourth-order valence-electron chi connectivity index (χ4n) is 3.14. The van der Waals surface area contributed by atoms with Crippen molar-refractivity contribution in [1.29, 1.82) is 0 Å². The van der Waals surface area contributed by atoms with Gasteiger partial charge in [0.15, 0.2) is 5.69 Å². The fraction of sp³-hybridized carbons (Fsp3) is 0.474. The SMILES string of the molecule is CCOC(=O)c1c(C)c(OCc2ccccc2)nn1CC1CC(F)(F)C1. The van der Waals surface area contributed by atoms with Crippen molar-refractivity contribution in [2.45, 2.75) is 45.8 Å². The van der Waals surface area contributed by atoms with Crippen LogP contribution in [0.3, 0.4) is 0 Å². The van der Waals surface area contributed by atoms with Gasteiger partial charge in [0.05, 0.1) is 6.61 Å². The summed E-state index contributed by atoms with van der Waals surface area (Å²) in [5.74, 6) is -3.01. The molecule has 1 aromatic carbocycles. The maximum atomic E-state index is 13.1. The summed E-state index contributed by atoms with van der Waals surface area (Å²) in [6.07, 6.45) is -0.372. The molecular formula is C19H22F2N2O3. The van der Waals surface area contributed by atoms with E-state index in [1.807, 2.05) is 30.3 Å². The predicted octanol–water partition coefficient (Wildman–Crippen LogP) is 3.99. The normalized spacial score (nSPS) is 16.2. The molecule has 1 aromatic heterocycles. The summed E-state index contributed by atoms with van der Waals surface area (Å²) in [5.41, 5.74) is 1.80. The highest BCUT2D eigenvalue weighted by molar-refractivity contribution is 5.89. The number of hydrogen-bond acceptors (Lipinski definition) is 4. The zero-order valence-electron chi connectivity index (χ0n) is 14.9. The lowest BCUT2D eigenvalue weighted by Gasteiger charge is -2.34. The van der Waals surface area contributed by atoms with E-state index in [1.54, 1.807) is 13.8 Å². The van der Waals surface area contributed by atoms with Gasteiger partial charge in [-0.25, -0.2) is 13.6 Å². The average Bonchev–Trinajstić information content (AvgIpc) is 2.88. The zero-order valence-corrected chi connectivity index (χ0v) is 14.9. The van der Waals surface area contributed by atoms with E-state index in [4.69, 9.17) is 9.47 Å². The molecule has 140 valence electrons. The summed E-state index contributed by atoms with van der Waals surface area (Å²) in [4.78, 5) is 12.3. The molecule has 1 aliphatic carbocycles. The van der Waals surface area contributed by atoms with Gasteiger partial charge in [-0.2, -0.15) is 0 Å². The second kappa shape index (κ2) is 7.43. The molecule has 1 fully saturated rings. The maximum Gasteiger partial charge on any atom is 0.357 e. The number of rotatable bonds is 7. The van der Waals surface area contributed by atoms with Crippen LogP contribution in [0, 0.1) is 12.8 Å². The molecule has 3 rings (SSSR count). The van der Waals surface area contributed by atoms with Crippen LogP contribution in [0.15, 0.2) is 30.3 Å². The number of benzene rings is 1. The smallest absolute Gasteiger partial charge is 0.357 e. The Bertz CT molecular complexity index is 767. The number of halogens is 2. The molecule has 1 heterocycles. The van der Waals surface area contributed by atoms with Crippen LogP contribution in [-0.2, 0) is 17.9 Å². The lowest BCUT2D eigenvalue weighted by Crippen LogP contribution is -2.38. The minimum absolute atomic E-state index is 0.186. The van der Waals surface area contributed by atoms with Crippen LogP contribution in [0.4, 0.5) is 8.78 Å². The second-order valence-electron chi connectivity index (χ2n) is 6.59. The zero-order chi connectivity index (χ0) is 18.7. The monoisotopic (exact) mass is 364 g/mol. The Balaban J connectivity index is 1.78. The molecule has 0 aliphatic heterocycles. The number of hydrogen-bond donors (Lipinski definition) is 0. The van der Waals surface area contributed by atoms with Gasteiger partial charge < -0.3 is 9.47 Å². The molecule has 26 heavy (non-hydrogen) atoms. The number of esters is 1. The first kappa shape index (κ1) is 18.4. The van der Waals surface area contributed by atoms with Crippen LogP contribution in [0.25, 0.3) is 0 Å². The van der Waals surface area contributed by atoms with E-state index in [2.05, 4.69) is 5.10 Å². The summed E-state index contributed by atoms with van der Waals surface area (Å²) in [5, 5.41) is 4.35. The highest BCUT2D eigenvalue weighted by Gasteiger charge is 2.45. The Kier molecular flexibility index (Phi) is 5.25. The number of aromatic nitrogens is 2.